The molecule has 1 saturated heterocycles. The van der Waals surface area contributed by atoms with E-state index in [-0.39, 0.29) is 0 Å². The van der Waals surface area contributed by atoms with Crippen LogP contribution in [0.5, 0.6) is 0 Å². The van der Waals surface area contributed by atoms with Crippen LogP contribution in [0.1, 0.15) is 20.8 Å². The SMILES string of the molecule is CC.CN1CC[B]CC(C)(O)C1. The molecule has 0 aliphatic carbocycles. The van der Waals surface area contributed by atoms with Gasteiger partial charge in [0.05, 0.1) is 5.60 Å². The summed E-state index contributed by atoms with van der Waals surface area (Å²) in [7, 11) is 4.22. The Hall–Kier alpha value is -0.0151. The lowest BCUT2D eigenvalue weighted by Gasteiger charge is -2.25. The maximum Gasteiger partial charge on any atom is 0.114 e. The monoisotopic (exact) mass is 170 g/mol. The summed E-state index contributed by atoms with van der Waals surface area (Å²) < 4.78 is 0. The van der Waals surface area contributed by atoms with Gasteiger partial charge in [0.25, 0.3) is 0 Å². The molecule has 1 fully saturated rings. The zero-order chi connectivity index (χ0) is 9.61. The summed E-state index contributed by atoms with van der Waals surface area (Å²) >= 11 is 0. The molecule has 0 spiro atoms. The van der Waals surface area contributed by atoms with Gasteiger partial charge in [0.15, 0.2) is 0 Å². The van der Waals surface area contributed by atoms with E-state index >= 15 is 0 Å². The molecule has 1 aliphatic rings. The Morgan fingerprint density at radius 2 is 2.00 bits per heavy atom. The van der Waals surface area contributed by atoms with Crippen molar-refractivity contribution in [3.63, 3.8) is 0 Å². The van der Waals surface area contributed by atoms with E-state index in [1.165, 1.54) is 0 Å². The molecule has 71 valence electrons. The Morgan fingerprint density at radius 3 is 2.58 bits per heavy atom. The lowest BCUT2D eigenvalue weighted by atomic mass is 9.67. The topological polar surface area (TPSA) is 23.5 Å². The van der Waals surface area contributed by atoms with Gasteiger partial charge in [-0.05, 0) is 20.5 Å². The van der Waals surface area contributed by atoms with E-state index in [2.05, 4.69) is 12.2 Å². The van der Waals surface area contributed by atoms with Crippen molar-refractivity contribution in [1.29, 1.82) is 0 Å². The Labute approximate surface area is 77.2 Å². The van der Waals surface area contributed by atoms with E-state index in [0.29, 0.717) is 0 Å². The first kappa shape index (κ1) is 12.0. The summed E-state index contributed by atoms with van der Waals surface area (Å²) in [5.74, 6) is 0. The van der Waals surface area contributed by atoms with Gasteiger partial charge in [-0.3, -0.25) is 0 Å². The van der Waals surface area contributed by atoms with Crippen molar-refractivity contribution in [2.45, 2.75) is 39.0 Å². The third-order valence-corrected chi connectivity index (χ3v) is 1.91. The largest absolute Gasteiger partial charge is 0.390 e. The summed E-state index contributed by atoms with van der Waals surface area (Å²) in [6, 6.07) is 0. The summed E-state index contributed by atoms with van der Waals surface area (Å²) in [5, 5.41) is 9.65. The maximum atomic E-state index is 9.65. The zero-order valence-corrected chi connectivity index (χ0v) is 8.80. The average Bonchev–Trinajstić information content (AvgIpc) is 2.14. The molecule has 1 unspecified atom stereocenters. The van der Waals surface area contributed by atoms with Crippen molar-refractivity contribution in [1.82, 2.24) is 4.90 Å². The highest BCUT2D eigenvalue weighted by Crippen LogP contribution is 2.15. The van der Waals surface area contributed by atoms with Crippen LogP contribution in [0.15, 0.2) is 0 Å². The van der Waals surface area contributed by atoms with Crippen molar-refractivity contribution >= 4 is 7.28 Å². The van der Waals surface area contributed by atoms with Crippen molar-refractivity contribution in [2.24, 2.45) is 0 Å². The van der Waals surface area contributed by atoms with Crippen LogP contribution >= 0.6 is 0 Å². The molecular weight excluding hydrogens is 149 g/mol. The van der Waals surface area contributed by atoms with E-state index in [9.17, 15) is 5.11 Å². The minimum absolute atomic E-state index is 0.495. The van der Waals surface area contributed by atoms with Crippen LogP contribution in [0.2, 0.25) is 12.6 Å². The molecule has 0 aromatic rings. The maximum absolute atomic E-state index is 9.65. The van der Waals surface area contributed by atoms with Crippen LogP contribution in [-0.2, 0) is 0 Å². The fourth-order valence-corrected chi connectivity index (χ4v) is 1.45. The molecule has 0 saturated carbocycles. The van der Waals surface area contributed by atoms with Crippen molar-refractivity contribution in [3.8, 4) is 0 Å². The second-order valence-corrected chi connectivity index (χ2v) is 3.52. The van der Waals surface area contributed by atoms with Gasteiger partial charge in [-0.2, -0.15) is 0 Å². The Morgan fingerprint density at radius 1 is 1.42 bits per heavy atom. The predicted molar refractivity (Wildman–Crippen MR) is 54.8 cm³/mol. The third kappa shape index (κ3) is 4.78. The first-order valence-electron chi connectivity index (χ1n) is 4.83. The molecule has 0 bridgehead atoms. The first-order chi connectivity index (χ1) is 5.60. The number of β-amino-alcohol motifs (C(OH)–C–C–N with tert-alkyl or cyclic N) is 1. The summed E-state index contributed by atoms with van der Waals surface area (Å²) in [6.45, 7) is 7.77. The fraction of sp³-hybridized carbons (Fsp3) is 1.00. The standard InChI is InChI=1S/C7H15BNO.C2H6/c1-7(10)5-8-3-4-9(2)6-7;1-2/h10H,3-6H2,1-2H3;1-2H3. The number of aliphatic hydroxyl groups is 1. The molecule has 1 aliphatic heterocycles. The number of hydrogen-bond donors (Lipinski definition) is 1. The quantitative estimate of drug-likeness (QED) is 0.553. The van der Waals surface area contributed by atoms with E-state index in [4.69, 9.17) is 0 Å². The van der Waals surface area contributed by atoms with Gasteiger partial charge >= 0.3 is 0 Å². The molecular formula is C9H21BNO. The highest BCUT2D eigenvalue weighted by molar-refractivity contribution is 6.36. The van der Waals surface area contributed by atoms with Crippen LogP contribution < -0.4 is 0 Å². The van der Waals surface area contributed by atoms with Crippen LogP contribution in [0.4, 0.5) is 0 Å². The second-order valence-electron chi connectivity index (χ2n) is 3.52. The van der Waals surface area contributed by atoms with E-state index in [1.807, 2.05) is 27.8 Å². The minimum atomic E-state index is -0.495. The summed E-state index contributed by atoms with van der Waals surface area (Å²) in [4.78, 5) is 2.17. The number of rotatable bonds is 0. The summed E-state index contributed by atoms with van der Waals surface area (Å²) in [6.07, 6.45) is 1.93. The van der Waals surface area contributed by atoms with Crippen molar-refractivity contribution in [3.05, 3.63) is 0 Å². The summed E-state index contributed by atoms with van der Waals surface area (Å²) in [5.41, 5.74) is -0.495. The van der Waals surface area contributed by atoms with Gasteiger partial charge in [-0.1, -0.05) is 26.5 Å². The molecule has 3 heteroatoms. The molecule has 0 aromatic carbocycles. The van der Waals surface area contributed by atoms with Crippen molar-refractivity contribution in [2.75, 3.05) is 20.1 Å². The highest BCUT2D eigenvalue weighted by atomic mass is 16.3. The first-order valence-corrected chi connectivity index (χ1v) is 4.83. The number of hydrogen-bond acceptors (Lipinski definition) is 2. The van der Waals surface area contributed by atoms with Gasteiger partial charge < -0.3 is 10.0 Å². The molecule has 0 amide bonds. The predicted octanol–water partition coefficient (Wildman–Crippen LogP) is 1.25. The Balaban J connectivity index is 0.000000561. The van der Waals surface area contributed by atoms with E-state index < -0.39 is 5.60 Å². The zero-order valence-electron chi connectivity index (χ0n) is 8.80. The Bertz CT molecular complexity index is 117. The van der Waals surface area contributed by atoms with Crippen molar-refractivity contribution < 1.29 is 5.11 Å². The number of likely N-dealkylation sites (N-methyl/N-ethyl adjacent to an activating group) is 1. The average molecular weight is 170 g/mol. The molecule has 0 aromatic heterocycles. The van der Waals surface area contributed by atoms with Gasteiger partial charge in [0.1, 0.15) is 7.28 Å². The van der Waals surface area contributed by atoms with Crippen LogP contribution in [-0.4, -0.2) is 43.0 Å². The molecule has 1 heterocycles. The highest BCUT2D eigenvalue weighted by Gasteiger charge is 2.24. The van der Waals surface area contributed by atoms with Crippen LogP contribution in [0.25, 0.3) is 0 Å². The molecule has 2 nitrogen and oxygen atoms in total. The molecule has 12 heavy (non-hydrogen) atoms. The van der Waals surface area contributed by atoms with E-state index in [1.54, 1.807) is 0 Å². The smallest absolute Gasteiger partial charge is 0.114 e. The lowest BCUT2D eigenvalue weighted by Crippen LogP contribution is -2.36. The van der Waals surface area contributed by atoms with E-state index in [0.717, 1.165) is 25.7 Å². The Kier molecular flexibility index (Phi) is 5.59. The van der Waals surface area contributed by atoms with Gasteiger partial charge in [0, 0.05) is 6.54 Å². The molecule has 1 rings (SSSR count). The third-order valence-electron chi connectivity index (χ3n) is 1.91. The fourth-order valence-electron chi connectivity index (χ4n) is 1.45. The number of nitrogens with zero attached hydrogens (tertiary/aromatic N) is 1. The molecule has 1 atom stereocenters. The minimum Gasteiger partial charge on any atom is -0.390 e. The second kappa shape index (κ2) is 5.60. The van der Waals surface area contributed by atoms with Gasteiger partial charge in [0.2, 0.25) is 0 Å². The van der Waals surface area contributed by atoms with Gasteiger partial charge in [-0.25, -0.2) is 0 Å². The van der Waals surface area contributed by atoms with Crippen LogP contribution in [0, 0.1) is 0 Å². The normalized spacial score (nSPS) is 31.1. The molecule has 1 radical (unpaired) electrons. The van der Waals surface area contributed by atoms with Crippen LogP contribution in [0.3, 0.4) is 0 Å². The van der Waals surface area contributed by atoms with Gasteiger partial charge in [-0.15, -0.1) is 0 Å². The lowest BCUT2D eigenvalue weighted by molar-refractivity contribution is 0.0500. The molecule has 1 N–H and O–H groups in total.